The average molecular weight is 335 g/mol. The lowest BCUT2D eigenvalue weighted by atomic mass is 10.1. The topological polar surface area (TPSA) is 63.6 Å². The minimum atomic E-state index is -3.69. The van der Waals surface area contributed by atoms with Crippen molar-refractivity contribution in [2.24, 2.45) is 0 Å². The van der Waals surface area contributed by atoms with Crippen molar-refractivity contribution >= 4 is 10.1 Å². The molecular weight excluding hydrogens is 300 g/mol. The van der Waals surface area contributed by atoms with Gasteiger partial charge in [0.05, 0.1) is 6.61 Å². The number of hydrogen-bond acceptors (Lipinski definition) is 4. The van der Waals surface area contributed by atoms with E-state index in [1.165, 1.54) is 57.8 Å². The molecule has 0 radical (unpaired) electrons. The second kappa shape index (κ2) is 15.5. The highest BCUT2D eigenvalue weighted by atomic mass is 32.2. The summed E-state index contributed by atoms with van der Waals surface area (Å²) < 4.78 is 26.3. The highest BCUT2D eigenvalue weighted by molar-refractivity contribution is 7.86. The molecule has 0 fully saturated rings. The highest BCUT2D eigenvalue weighted by Crippen LogP contribution is 2.10. The summed E-state index contributed by atoms with van der Waals surface area (Å²) >= 11 is 0. The standard InChI is InChI=1S/C17H34O4S/c1-2-3-4-5-6-7-8-9-10-11-12-13-14-15-16-21-22(19,20)17-18/h5-6,18H,2-4,7-17H2,1H3/b6-5-. The van der Waals surface area contributed by atoms with E-state index in [2.05, 4.69) is 23.3 Å². The average Bonchev–Trinajstić information content (AvgIpc) is 2.51. The fourth-order valence-corrected chi connectivity index (χ4v) is 2.65. The van der Waals surface area contributed by atoms with Gasteiger partial charge in [-0.1, -0.05) is 70.4 Å². The van der Waals surface area contributed by atoms with Crippen LogP contribution in [0.1, 0.15) is 84.0 Å². The van der Waals surface area contributed by atoms with E-state index >= 15 is 0 Å². The molecule has 0 saturated heterocycles. The zero-order chi connectivity index (χ0) is 16.5. The van der Waals surface area contributed by atoms with Gasteiger partial charge in [-0.15, -0.1) is 0 Å². The fraction of sp³-hybridized carbons (Fsp3) is 0.882. The smallest absolute Gasteiger partial charge is 0.291 e. The Morgan fingerprint density at radius 3 is 1.86 bits per heavy atom. The summed E-state index contributed by atoms with van der Waals surface area (Å²) in [6, 6.07) is 0. The Bertz CT molecular complexity index is 350. The molecule has 0 aromatic carbocycles. The maximum Gasteiger partial charge on any atom is 0.291 e. The first-order valence-corrected chi connectivity index (χ1v) is 10.3. The summed E-state index contributed by atoms with van der Waals surface area (Å²) in [4.78, 5) is 0. The molecule has 0 amide bonds. The van der Waals surface area contributed by atoms with Gasteiger partial charge in [0.2, 0.25) is 0 Å². The number of unbranched alkanes of at least 4 members (excludes halogenated alkanes) is 10. The van der Waals surface area contributed by atoms with Crippen molar-refractivity contribution < 1.29 is 17.7 Å². The van der Waals surface area contributed by atoms with Gasteiger partial charge in [0.15, 0.2) is 5.94 Å². The second-order valence-corrected chi connectivity index (χ2v) is 7.35. The van der Waals surface area contributed by atoms with E-state index in [9.17, 15) is 8.42 Å². The van der Waals surface area contributed by atoms with Gasteiger partial charge in [-0.2, -0.15) is 8.42 Å². The van der Waals surface area contributed by atoms with Crippen molar-refractivity contribution in [1.29, 1.82) is 0 Å². The van der Waals surface area contributed by atoms with Gasteiger partial charge < -0.3 is 5.11 Å². The van der Waals surface area contributed by atoms with Crippen LogP contribution in [0.3, 0.4) is 0 Å². The number of allylic oxidation sites excluding steroid dienone is 2. The van der Waals surface area contributed by atoms with Gasteiger partial charge in [-0.25, -0.2) is 0 Å². The Morgan fingerprint density at radius 1 is 0.818 bits per heavy atom. The maximum atomic E-state index is 10.9. The molecular formula is C17H34O4S. The third kappa shape index (κ3) is 16.0. The molecule has 0 aliphatic carbocycles. The van der Waals surface area contributed by atoms with Crippen molar-refractivity contribution in [3.63, 3.8) is 0 Å². The van der Waals surface area contributed by atoms with Gasteiger partial charge >= 0.3 is 0 Å². The predicted molar refractivity (Wildman–Crippen MR) is 92.2 cm³/mol. The lowest BCUT2D eigenvalue weighted by molar-refractivity contribution is 0.272. The molecule has 0 heterocycles. The van der Waals surface area contributed by atoms with Crippen LogP contribution >= 0.6 is 0 Å². The van der Waals surface area contributed by atoms with E-state index in [1.54, 1.807) is 0 Å². The third-order valence-corrected chi connectivity index (χ3v) is 4.42. The minimum Gasteiger partial charge on any atom is -0.378 e. The summed E-state index contributed by atoms with van der Waals surface area (Å²) in [7, 11) is -3.69. The maximum absolute atomic E-state index is 10.9. The van der Waals surface area contributed by atoms with Crippen LogP contribution in [0, 0.1) is 0 Å². The molecule has 132 valence electrons. The van der Waals surface area contributed by atoms with Crippen LogP contribution in [0.2, 0.25) is 0 Å². The Hall–Kier alpha value is -0.390. The summed E-state index contributed by atoms with van der Waals surface area (Å²) in [6.07, 6.45) is 18.8. The second-order valence-electron chi connectivity index (χ2n) is 5.74. The van der Waals surface area contributed by atoms with E-state index < -0.39 is 16.1 Å². The molecule has 0 aliphatic rings. The summed E-state index contributed by atoms with van der Waals surface area (Å²) in [5, 5.41) is 8.49. The first-order valence-electron chi connectivity index (χ1n) is 8.75. The zero-order valence-corrected chi connectivity index (χ0v) is 15.0. The van der Waals surface area contributed by atoms with E-state index in [1.807, 2.05) is 0 Å². The van der Waals surface area contributed by atoms with E-state index in [0.29, 0.717) is 0 Å². The Morgan fingerprint density at radius 2 is 1.32 bits per heavy atom. The number of aliphatic hydroxyl groups is 1. The lowest BCUT2D eigenvalue weighted by Crippen LogP contribution is -2.10. The highest BCUT2D eigenvalue weighted by Gasteiger charge is 2.07. The fourth-order valence-electron chi connectivity index (χ4n) is 2.21. The Kier molecular flexibility index (Phi) is 15.2. The molecule has 0 saturated carbocycles. The molecule has 0 rings (SSSR count). The van der Waals surface area contributed by atoms with Crippen LogP contribution in [0.15, 0.2) is 12.2 Å². The van der Waals surface area contributed by atoms with Crippen molar-refractivity contribution in [2.45, 2.75) is 84.0 Å². The van der Waals surface area contributed by atoms with Crippen molar-refractivity contribution in [3.05, 3.63) is 12.2 Å². The SMILES string of the molecule is CCCC/C=C\CCCCCCCCCCOS(=O)(=O)CO. The Labute approximate surface area is 137 Å². The van der Waals surface area contributed by atoms with Crippen molar-refractivity contribution in [3.8, 4) is 0 Å². The molecule has 0 bridgehead atoms. The molecule has 0 aromatic rings. The van der Waals surface area contributed by atoms with E-state index in [-0.39, 0.29) is 6.61 Å². The zero-order valence-electron chi connectivity index (χ0n) is 14.1. The summed E-state index contributed by atoms with van der Waals surface area (Å²) in [5.74, 6) is -0.930. The van der Waals surface area contributed by atoms with Crippen LogP contribution < -0.4 is 0 Å². The molecule has 0 atom stereocenters. The summed E-state index contributed by atoms with van der Waals surface area (Å²) in [5.41, 5.74) is 0. The monoisotopic (exact) mass is 334 g/mol. The van der Waals surface area contributed by atoms with Gasteiger partial charge in [-0.3, -0.25) is 4.18 Å². The van der Waals surface area contributed by atoms with Crippen molar-refractivity contribution in [1.82, 2.24) is 0 Å². The van der Waals surface area contributed by atoms with Gasteiger partial charge in [0.1, 0.15) is 0 Å². The summed E-state index contributed by atoms with van der Waals surface area (Å²) in [6.45, 7) is 2.41. The Balaban J connectivity index is 3.16. The van der Waals surface area contributed by atoms with Gasteiger partial charge in [0, 0.05) is 0 Å². The predicted octanol–water partition coefficient (Wildman–Crippen LogP) is 4.54. The van der Waals surface area contributed by atoms with Crippen LogP contribution in [0.4, 0.5) is 0 Å². The van der Waals surface area contributed by atoms with Crippen LogP contribution in [-0.2, 0) is 14.3 Å². The third-order valence-electron chi connectivity index (χ3n) is 3.58. The number of hydrogen-bond donors (Lipinski definition) is 1. The van der Waals surface area contributed by atoms with Crippen LogP contribution in [0.5, 0.6) is 0 Å². The normalized spacial score (nSPS) is 12.3. The molecule has 1 N–H and O–H groups in total. The molecule has 22 heavy (non-hydrogen) atoms. The van der Waals surface area contributed by atoms with Gasteiger partial charge in [0.25, 0.3) is 10.1 Å². The number of aliphatic hydroxyl groups excluding tert-OH is 1. The first-order chi connectivity index (χ1) is 10.6. The first kappa shape index (κ1) is 21.6. The van der Waals surface area contributed by atoms with Crippen LogP contribution in [-0.4, -0.2) is 26.1 Å². The number of rotatable bonds is 16. The van der Waals surface area contributed by atoms with Gasteiger partial charge in [-0.05, 0) is 25.7 Å². The van der Waals surface area contributed by atoms with E-state index in [4.69, 9.17) is 5.11 Å². The van der Waals surface area contributed by atoms with Crippen molar-refractivity contribution in [2.75, 3.05) is 12.5 Å². The van der Waals surface area contributed by atoms with E-state index in [0.717, 1.165) is 19.3 Å². The molecule has 0 spiro atoms. The molecule has 4 nitrogen and oxygen atoms in total. The molecule has 0 aliphatic heterocycles. The minimum absolute atomic E-state index is 0.188. The molecule has 5 heteroatoms. The lowest BCUT2D eigenvalue weighted by Gasteiger charge is -2.03. The molecule has 0 aromatic heterocycles. The largest absolute Gasteiger partial charge is 0.378 e. The molecule has 0 unspecified atom stereocenters. The van der Waals surface area contributed by atoms with Crippen LogP contribution in [0.25, 0.3) is 0 Å². The quantitative estimate of drug-likeness (QED) is 0.256.